The number of nitrogens with one attached hydrogen (secondary N) is 1. The quantitative estimate of drug-likeness (QED) is 0.532. The number of nitrogens with two attached hydrogens (primary N) is 1. The number of hydrogen-bond acceptors (Lipinski definition) is 3. The van der Waals surface area contributed by atoms with Crippen LogP contribution in [0.3, 0.4) is 0 Å². The molecule has 0 atom stereocenters. The van der Waals surface area contributed by atoms with E-state index < -0.39 is 11.8 Å². The molecule has 4 N–H and O–H groups in total. The van der Waals surface area contributed by atoms with Gasteiger partial charge in [0.05, 0.1) is 5.56 Å². The molecule has 0 spiro atoms. The number of rotatable bonds is 2. The molecule has 0 heterocycles. The van der Waals surface area contributed by atoms with E-state index in [4.69, 9.17) is 10.9 Å². The minimum absolute atomic E-state index is 0.208. The van der Waals surface area contributed by atoms with Crippen LogP contribution in [0.5, 0.6) is 0 Å². The van der Waals surface area contributed by atoms with Crippen LogP contribution in [-0.4, -0.2) is 17.0 Å². The molecule has 86 valence electrons. The number of hydroxylamine groups is 1. The summed E-state index contributed by atoms with van der Waals surface area (Å²) in [6, 6.07) is 9.92. The molecule has 0 saturated heterocycles. The van der Waals surface area contributed by atoms with Gasteiger partial charge in [-0.1, -0.05) is 24.3 Å². The highest BCUT2D eigenvalue weighted by Gasteiger charge is 2.14. The van der Waals surface area contributed by atoms with E-state index in [1.807, 2.05) is 0 Å². The molecule has 2 rings (SSSR count). The van der Waals surface area contributed by atoms with E-state index in [2.05, 4.69) is 0 Å². The molecule has 2 aromatic rings. The zero-order chi connectivity index (χ0) is 12.4. The number of carbonyl (C=O) groups is 2. The Balaban J connectivity index is 2.85. The van der Waals surface area contributed by atoms with Crippen molar-refractivity contribution >= 4 is 22.6 Å². The zero-order valence-electron chi connectivity index (χ0n) is 8.81. The van der Waals surface area contributed by atoms with E-state index >= 15 is 0 Å². The second-order valence-electron chi connectivity index (χ2n) is 3.51. The lowest BCUT2D eigenvalue weighted by Crippen LogP contribution is -2.20. The van der Waals surface area contributed by atoms with Crippen molar-refractivity contribution in [1.29, 1.82) is 0 Å². The Morgan fingerprint density at radius 1 is 1.06 bits per heavy atom. The van der Waals surface area contributed by atoms with Gasteiger partial charge in [0.25, 0.3) is 5.91 Å². The van der Waals surface area contributed by atoms with Crippen molar-refractivity contribution in [2.45, 2.75) is 0 Å². The van der Waals surface area contributed by atoms with Crippen LogP contribution in [-0.2, 0) is 0 Å². The average molecular weight is 230 g/mol. The van der Waals surface area contributed by atoms with Gasteiger partial charge in [-0.25, -0.2) is 5.48 Å². The van der Waals surface area contributed by atoms with Gasteiger partial charge in [-0.2, -0.15) is 0 Å². The normalized spacial score (nSPS) is 10.2. The van der Waals surface area contributed by atoms with E-state index in [1.165, 1.54) is 6.07 Å². The van der Waals surface area contributed by atoms with Crippen molar-refractivity contribution in [2.24, 2.45) is 5.73 Å². The molecule has 5 heteroatoms. The van der Waals surface area contributed by atoms with Crippen LogP contribution in [0.4, 0.5) is 0 Å². The maximum absolute atomic E-state index is 11.5. The summed E-state index contributed by atoms with van der Waals surface area (Å²) in [5, 5.41) is 9.81. The molecule has 2 aromatic carbocycles. The minimum atomic E-state index is -0.677. The van der Waals surface area contributed by atoms with Crippen molar-refractivity contribution < 1.29 is 14.8 Å². The SMILES string of the molecule is NC(=O)c1cccc2cccc(C(=O)NO)c12. The molecular weight excluding hydrogens is 220 g/mol. The van der Waals surface area contributed by atoms with Crippen LogP contribution in [0.15, 0.2) is 36.4 Å². The number of fused-ring (bicyclic) bond motifs is 1. The Kier molecular flexibility index (Phi) is 2.76. The molecule has 0 aliphatic carbocycles. The first kappa shape index (κ1) is 11.1. The van der Waals surface area contributed by atoms with Gasteiger partial charge in [0.15, 0.2) is 0 Å². The highest BCUT2D eigenvalue weighted by Crippen LogP contribution is 2.22. The lowest BCUT2D eigenvalue weighted by atomic mass is 9.98. The molecular formula is C12H10N2O3. The van der Waals surface area contributed by atoms with Crippen molar-refractivity contribution in [2.75, 3.05) is 0 Å². The van der Waals surface area contributed by atoms with E-state index in [9.17, 15) is 9.59 Å². The molecule has 17 heavy (non-hydrogen) atoms. The summed E-state index contributed by atoms with van der Waals surface area (Å²) in [5.41, 5.74) is 7.27. The summed E-state index contributed by atoms with van der Waals surface area (Å²) in [6.07, 6.45) is 0. The predicted octanol–water partition coefficient (Wildman–Crippen LogP) is 1.06. The molecule has 5 nitrogen and oxygen atoms in total. The lowest BCUT2D eigenvalue weighted by Gasteiger charge is -2.07. The van der Waals surface area contributed by atoms with E-state index in [0.717, 1.165) is 0 Å². The second-order valence-corrected chi connectivity index (χ2v) is 3.51. The van der Waals surface area contributed by atoms with Crippen LogP contribution in [0.2, 0.25) is 0 Å². The average Bonchev–Trinajstić information content (AvgIpc) is 2.36. The Labute approximate surface area is 96.8 Å². The predicted molar refractivity (Wildman–Crippen MR) is 61.7 cm³/mol. The van der Waals surface area contributed by atoms with Crippen LogP contribution in [0, 0.1) is 0 Å². The summed E-state index contributed by atoms with van der Waals surface area (Å²) in [7, 11) is 0. The molecule has 0 bridgehead atoms. The third-order valence-electron chi connectivity index (χ3n) is 2.52. The molecule has 0 unspecified atom stereocenters. The third kappa shape index (κ3) is 1.83. The standard InChI is InChI=1S/C12H10N2O3/c13-11(15)8-5-1-3-7-4-2-6-9(10(7)8)12(16)14-17/h1-6,17H,(H2,13,15)(H,14,16). The number of primary amides is 1. The first-order chi connectivity index (χ1) is 8.15. The molecule has 0 fully saturated rings. The van der Waals surface area contributed by atoms with Crippen LogP contribution in [0.1, 0.15) is 20.7 Å². The summed E-state index contributed by atoms with van der Waals surface area (Å²) >= 11 is 0. The first-order valence-corrected chi connectivity index (χ1v) is 4.91. The van der Waals surface area contributed by atoms with Gasteiger partial charge in [0.1, 0.15) is 0 Å². The van der Waals surface area contributed by atoms with Gasteiger partial charge in [0.2, 0.25) is 5.91 Å². The molecule has 0 radical (unpaired) electrons. The molecule has 0 aliphatic rings. The van der Waals surface area contributed by atoms with Gasteiger partial charge in [-0.05, 0) is 17.5 Å². The maximum Gasteiger partial charge on any atom is 0.275 e. The highest BCUT2D eigenvalue weighted by molar-refractivity contribution is 6.15. The van der Waals surface area contributed by atoms with Gasteiger partial charge < -0.3 is 5.73 Å². The Bertz CT molecular complexity index is 602. The van der Waals surface area contributed by atoms with Crippen LogP contribution in [0.25, 0.3) is 10.8 Å². The fraction of sp³-hybridized carbons (Fsp3) is 0. The Morgan fingerprint density at radius 3 is 2.18 bits per heavy atom. The van der Waals surface area contributed by atoms with E-state index in [0.29, 0.717) is 10.8 Å². The van der Waals surface area contributed by atoms with Crippen molar-refractivity contribution in [3.05, 3.63) is 47.5 Å². The lowest BCUT2D eigenvalue weighted by molar-refractivity contribution is 0.0708. The van der Waals surface area contributed by atoms with Crippen molar-refractivity contribution in [1.82, 2.24) is 5.48 Å². The van der Waals surface area contributed by atoms with Crippen molar-refractivity contribution in [3.63, 3.8) is 0 Å². The Morgan fingerprint density at radius 2 is 1.65 bits per heavy atom. The fourth-order valence-electron chi connectivity index (χ4n) is 1.80. The second kappa shape index (κ2) is 4.23. The minimum Gasteiger partial charge on any atom is -0.366 e. The number of amides is 2. The fourth-order valence-corrected chi connectivity index (χ4v) is 1.80. The number of benzene rings is 2. The van der Waals surface area contributed by atoms with E-state index in [-0.39, 0.29) is 11.1 Å². The summed E-state index contributed by atoms with van der Waals surface area (Å²) in [4.78, 5) is 22.8. The van der Waals surface area contributed by atoms with Crippen LogP contribution < -0.4 is 11.2 Å². The molecule has 0 aromatic heterocycles. The maximum atomic E-state index is 11.5. The van der Waals surface area contributed by atoms with Gasteiger partial charge in [-0.3, -0.25) is 14.8 Å². The highest BCUT2D eigenvalue weighted by atomic mass is 16.5. The summed E-state index contributed by atoms with van der Waals surface area (Å²) in [5.74, 6) is -1.29. The topological polar surface area (TPSA) is 92.4 Å². The molecule has 2 amide bonds. The largest absolute Gasteiger partial charge is 0.366 e. The van der Waals surface area contributed by atoms with Gasteiger partial charge >= 0.3 is 0 Å². The zero-order valence-corrected chi connectivity index (χ0v) is 8.81. The third-order valence-corrected chi connectivity index (χ3v) is 2.52. The van der Waals surface area contributed by atoms with Gasteiger partial charge in [-0.15, -0.1) is 0 Å². The van der Waals surface area contributed by atoms with Crippen LogP contribution >= 0.6 is 0 Å². The monoisotopic (exact) mass is 230 g/mol. The summed E-state index contributed by atoms with van der Waals surface area (Å²) in [6.45, 7) is 0. The molecule has 0 saturated carbocycles. The first-order valence-electron chi connectivity index (χ1n) is 4.91. The van der Waals surface area contributed by atoms with E-state index in [1.54, 1.807) is 35.8 Å². The number of carbonyl (C=O) groups excluding carboxylic acids is 2. The molecule has 0 aliphatic heterocycles. The van der Waals surface area contributed by atoms with Gasteiger partial charge in [0, 0.05) is 10.9 Å². The van der Waals surface area contributed by atoms with Crippen molar-refractivity contribution in [3.8, 4) is 0 Å². The smallest absolute Gasteiger partial charge is 0.275 e. The summed E-state index contributed by atoms with van der Waals surface area (Å²) < 4.78 is 0. The number of hydrogen-bond donors (Lipinski definition) is 3. The Hall–Kier alpha value is -2.40.